The van der Waals surface area contributed by atoms with Crippen LogP contribution in [0.15, 0.2) is 30.5 Å². The standard InChI is InChI=1S/C24H31ClN4O2/c1-15-12-28(13-16(2)31-15)24(30)23-21(29-14-20(25)5-6-22(29)27-23)11-26-8-7-19-10-17-3-4-18(19)9-17/h3-6,14-19,26H,7-13H2,1-2H3/t15-,16+,17-,18-,19-/m1/s1. The SMILES string of the molecule is C[C@@H]1CN(C(=O)c2nc3ccc(Cl)cn3c2CNCC[C@@H]2C[C@@H]3C=C[C@@H]2C3)C[C@H](C)O1. The molecule has 5 rings (SSSR count). The van der Waals surface area contributed by atoms with Crippen molar-refractivity contribution in [3.63, 3.8) is 0 Å². The van der Waals surface area contributed by atoms with Gasteiger partial charge in [0.1, 0.15) is 5.65 Å². The number of carbonyl (C=O) groups excluding carboxylic acids is 1. The minimum absolute atomic E-state index is 0.0246. The monoisotopic (exact) mass is 442 g/mol. The summed E-state index contributed by atoms with van der Waals surface area (Å²) in [5, 5.41) is 4.21. The number of pyridine rings is 1. The lowest BCUT2D eigenvalue weighted by molar-refractivity contribution is -0.0587. The van der Waals surface area contributed by atoms with Crippen molar-refractivity contribution in [1.82, 2.24) is 19.6 Å². The highest BCUT2D eigenvalue weighted by Gasteiger charge is 2.35. The van der Waals surface area contributed by atoms with Gasteiger partial charge < -0.3 is 19.4 Å². The lowest BCUT2D eigenvalue weighted by Gasteiger charge is -2.35. The van der Waals surface area contributed by atoms with Gasteiger partial charge in [-0.25, -0.2) is 4.98 Å². The van der Waals surface area contributed by atoms with Crippen molar-refractivity contribution in [3.8, 4) is 0 Å². The fourth-order valence-electron chi connectivity index (χ4n) is 5.62. The van der Waals surface area contributed by atoms with E-state index in [1.54, 1.807) is 0 Å². The zero-order valence-electron chi connectivity index (χ0n) is 18.3. The largest absolute Gasteiger partial charge is 0.372 e. The fourth-order valence-corrected chi connectivity index (χ4v) is 5.78. The van der Waals surface area contributed by atoms with Gasteiger partial charge in [0.15, 0.2) is 5.69 Å². The molecule has 2 aromatic rings. The predicted molar refractivity (Wildman–Crippen MR) is 121 cm³/mol. The first-order valence-electron chi connectivity index (χ1n) is 11.5. The zero-order chi connectivity index (χ0) is 21.5. The molecule has 2 aromatic heterocycles. The van der Waals surface area contributed by atoms with Crippen molar-refractivity contribution in [2.45, 2.75) is 51.9 Å². The van der Waals surface area contributed by atoms with Gasteiger partial charge in [-0.15, -0.1) is 0 Å². The number of imidazole rings is 1. The lowest BCUT2D eigenvalue weighted by atomic mass is 9.91. The maximum absolute atomic E-state index is 13.4. The Hall–Kier alpha value is -1.89. The fraction of sp³-hybridized carbons (Fsp3) is 0.583. The highest BCUT2D eigenvalue weighted by Crippen LogP contribution is 2.44. The molecule has 0 radical (unpaired) electrons. The number of rotatable bonds is 6. The molecule has 3 heterocycles. The number of allylic oxidation sites excluding steroid dienone is 2. The topological polar surface area (TPSA) is 58.9 Å². The molecular formula is C24H31ClN4O2. The minimum Gasteiger partial charge on any atom is -0.372 e. The molecule has 0 unspecified atom stereocenters. The molecule has 1 aliphatic heterocycles. The summed E-state index contributed by atoms with van der Waals surface area (Å²) in [6.45, 7) is 6.72. The molecule has 2 aliphatic carbocycles. The first-order chi connectivity index (χ1) is 15.0. The third kappa shape index (κ3) is 4.26. The zero-order valence-corrected chi connectivity index (χ0v) is 19.0. The maximum Gasteiger partial charge on any atom is 0.274 e. The van der Waals surface area contributed by atoms with Crippen LogP contribution in [0.4, 0.5) is 0 Å². The van der Waals surface area contributed by atoms with Crippen LogP contribution in [0.3, 0.4) is 0 Å². The van der Waals surface area contributed by atoms with Crippen LogP contribution in [0.25, 0.3) is 5.65 Å². The van der Waals surface area contributed by atoms with Gasteiger partial charge >= 0.3 is 0 Å². The van der Waals surface area contributed by atoms with Crippen molar-refractivity contribution in [2.24, 2.45) is 17.8 Å². The van der Waals surface area contributed by atoms with Gasteiger partial charge in [-0.05, 0) is 69.5 Å². The first kappa shape index (κ1) is 21.0. The second-order valence-electron chi connectivity index (χ2n) is 9.46. The van der Waals surface area contributed by atoms with E-state index in [4.69, 9.17) is 16.3 Å². The molecule has 0 spiro atoms. The summed E-state index contributed by atoms with van der Waals surface area (Å²) in [6.07, 6.45) is 10.5. The number of amides is 1. The average molecular weight is 443 g/mol. The number of fused-ring (bicyclic) bond motifs is 3. The van der Waals surface area contributed by atoms with Crippen molar-refractivity contribution in [3.05, 3.63) is 46.9 Å². The molecule has 166 valence electrons. The number of aromatic nitrogens is 2. The molecule has 1 saturated heterocycles. The van der Waals surface area contributed by atoms with Crippen LogP contribution >= 0.6 is 11.6 Å². The van der Waals surface area contributed by atoms with E-state index in [-0.39, 0.29) is 18.1 Å². The van der Waals surface area contributed by atoms with Crippen molar-refractivity contribution in [2.75, 3.05) is 19.6 Å². The molecule has 7 heteroatoms. The van der Waals surface area contributed by atoms with Crippen molar-refractivity contribution in [1.29, 1.82) is 0 Å². The maximum atomic E-state index is 13.4. The van der Waals surface area contributed by atoms with Gasteiger partial charge in [0.25, 0.3) is 5.91 Å². The first-order valence-corrected chi connectivity index (χ1v) is 11.9. The Morgan fingerprint density at radius 2 is 2.03 bits per heavy atom. The number of halogens is 1. The van der Waals surface area contributed by atoms with Crippen LogP contribution in [0.2, 0.25) is 5.02 Å². The second-order valence-corrected chi connectivity index (χ2v) is 9.89. The van der Waals surface area contributed by atoms with Crippen LogP contribution < -0.4 is 5.32 Å². The minimum atomic E-state index is -0.0307. The van der Waals surface area contributed by atoms with Gasteiger partial charge in [-0.1, -0.05) is 23.8 Å². The number of hydrogen-bond donors (Lipinski definition) is 1. The van der Waals surface area contributed by atoms with E-state index < -0.39 is 0 Å². The molecule has 6 nitrogen and oxygen atoms in total. The highest BCUT2D eigenvalue weighted by atomic mass is 35.5. The molecule has 1 amide bonds. The van der Waals surface area contributed by atoms with E-state index in [0.29, 0.717) is 30.4 Å². The summed E-state index contributed by atoms with van der Waals surface area (Å²) < 4.78 is 7.76. The van der Waals surface area contributed by atoms with E-state index >= 15 is 0 Å². The highest BCUT2D eigenvalue weighted by molar-refractivity contribution is 6.30. The molecule has 1 N–H and O–H groups in total. The summed E-state index contributed by atoms with van der Waals surface area (Å²) in [6, 6.07) is 3.69. The quantitative estimate of drug-likeness (QED) is 0.544. The number of nitrogens with zero attached hydrogens (tertiary/aromatic N) is 3. The predicted octanol–water partition coefficient (Wildman–Crippen LogP) is 3.93. The van der Waals surface area contributed by atoms with Crippen LogP contribution in [0.1, 0.15) is 49.3 Å². The summed E-state index contributed by atoms with van der Waals surface area (Å²) in [5.74, 6) is 2.33. The van der Waals surface area contributed by atoms with E-state index in [1.165, 1.54) is 19.3 Å². The van der Waals surface area contributed by atoms with Gasteiger partial charge in [-0.2, -0.15) is 0 Å². The number of carbonyl (C=O) groups is 1. The van der Waals surface area contributed by atoms with Crippen LogP contribution in [-0.4, -0.2) is 52.0 Å². The summed E-state index contributed by atoms with van der Waals surface area (Å²) in [7, 11) is 0. The van der Waals surface area contributed by atoms with Crippen molar-refractivity contribution >= 4 is 23.2 Å². The number of nitrogens with one attached hydrogen (secondary N) is 1. The molecule has 5 atom stereocenters. The van der Waals surface area contributed by atoms with E-state index in [0.717, 1.165) is 35.6 Å². The molecular weight excluding hydrogens is 412 g/mol. The van der Waals surface area contributed by atoms with Crippen LogP contribution in [0, 0.1) is 17.8 Å². The smallest absolute Gasteiger partial charge is 0.274 e. The third-order valence-corrected chi connectivity index (χ3v) is 7.22. The third-order valence-electron chi connectivity index (χ3n) is 6.99. The van der Waals surface area contributed by atoms with E-state index in [9.17, 15) is 4.79 Å². The molecule has 3 aliphatic rings. The molecule has 0 aromatic carbocycles. The summed E-state index contributed by atoms with van der Waals surface area (Å²) in [5.41, 5.74) is 2.14. The van der Waals surface area contributed by atoms with E-state index in [1.807, 2.05) is 41.5 Å². The Bertz CT molecular complexity index is 993. The Balaban J connectivity index is 1.32. The molecule has 31 heavy (non-hydrogen) atoms. The lowest BCUT2D eigenvalue weighted by Crippen LogP contribution is -2.48. The molecule has 1 saturated carbocycles. The van der Waals surface area contributed by atoms with Gasteiger partial charge in [-0.3, -0.25) is 4.79 Å². The number of ether oxygens (including phenoxy) is 1. The molecule has 2 fully saturated rings. The van der Waals surface area contributed by atoms with Crippen LogP contribution in [0.5, 0.6) is 0 Å². The second kappa shape index (κ2) is 8.57. The van der Waals surface area contributed by atoms with Gasteiger partial charge in [0, 0.05) is 25.8 Å². The number of morpholine rings is 1. The average Bonchev–Trinajstić information content (AvgIpc) is 3.44. The Labute approximate surface area is 188 Å². The van der Waals surface area contributed by atoms with Gasteiger partial charge in [0.2, 0.25) is 0 Å². The van der Waals surface area contributed by atoms with E-state index in [2.05, 4.69) is 22.5 Å². The van der Waals surface area contributed by atoms with Crippen LogP contribution in [-0.2, 0) is 11.3 Å². The Morgan fingerprint density at radius 3 is 2.74 bits per heavy atom. The molecule has 2 bridgehead atoms. The Morgan fingerprint density at radius 1 is 1.23 bits per heavy atom. The van der Waals surface area contributed by atoms with Crippen molar-refractivity contribution < 1.29 is 9.53 Å². The van der Waals surface area contributed by atoms with Gasteiger partial charge in [0.05, 0.1) is 22.9 Å². The summed E-state index contributed by atoms with van der Waals surface area (Å²) in [4.78, 5) is 20.0. The number of hydrogen-bond acceptors (Lipinski definition) is 4. The normalized spacial score (nSPS) is 29.9. The Kier molecular flexibility index (Phi) is 5.80. The summed E-state index contributed by atoms with van der Waals surface area (Å²) >= 11 is 6.26.